The number of rotatable bonds is 5. The molecule has 0 aliphatic heterocycles. The highest BCUT2D eigenvalue weighted by atomic mass is 32.1. The highest BCUT2D eigenvalue weighted by Crippen LogP contribution is 2.43. The van der Waals surface area contributed by atoms with Gasteiger partial charge in [0.25, 0.3) is 0 Å². The summed E-state index contributed by atoms with van der Waals surface area (Å²) in [5, 5.41) is 7.64. The molecule has 8 aromatic carbocycles. The molecule has 0 spiro atoms. The van der Waals surface area contributed by atoms with E-state index in [1.807, 2.05) is 11.3 Å². The molecule has 0 saturated heterocycles. The van der Waals surface area contributed by atoms with Gasteiger partial charge in [-0.1, -0.05) is 109 Å². The van der Waals surface area contributed by atoms with Crippen LogP contribution in [-0.2, 0) is 0 Å². The van der Waals surface area contributed by atoms with E-state index in [2.05, 4.69) is 191 Å². The number of fused-ring (bicyclic) bond motifs is 7. The smallest absolute Gasteiger partial charge is 0.0561 e. The Morgan fingerprint density at radius 2 is 0.959 bits per heavy atom. The monoisotopic (exact) mass is 642 g/mol. The Bertz CT molecular complexity index is 2810. The lowest BCUT2D eigenvalue weighted by molar-refractivity contribution is 1.18. The number of hydrogen-bond acceptors (Lipinski definition) is 2. The van der Waals surface area contributed by atoms with Gasteiger partial charge in [0, 0.05) is 53.7 Å². The number of benzene rings is 8. The van der Waals surface area contributed by atoms with E-state index in [0.717, 1.165) is 22.7 Å². The first-order valence-electron chi connectivity index (χ1n) is 16.7. The van der Waals surface area contributed by atoms with Gasteiger partial charge in [-0.15, -0.1) is 11.3 Å². The lowest BCUT2D eigenvalue weighted by Crippen LogP contribution is -2.10. The zero-order chi connectivity index (χ0) is 32.3. The first-order valence-corrected chi connectivity index (χ1v) is 17.5. The van der Waals surface area contributed by atoms with Gasteiger partial charge >= 0.3 is 0 Å². The van der Waals surface area contributed by atoms with E-state index in [1.165, 1.54) is 63.9 Å². The Morgan fingerprint density at radius 3 is 1.78 bits per heavy atom. The van der Waals surface area contributed by atoms with Crippen LogP contribution in [0.3, 0.4) is 0 Å². The third kappa shape index (κ3) is 4.62. The number of aromatic nitrogens is 1. The Balaban J connectivity index is 1.20. The molecule has 0 unspecified atom stereocenters. The van der Waals surface area contributed by atoms with Crippen molar-refractivity contribution in [2.45, 2.75) is 0 Å². The molecule has 0 amide bonds. The van der Waals surface area contributed by atoms with Gasteiger partial charge in [-0.05, 0) is 94.7 Å². The average molecular weight is 643 g/mol. The van der Waals surface area contributed by atoms with Crippen molar-refractivity contribution < 1.29 is 0 Å². The largest absolute Gasteiger partial charge is 0.310 e. The van der Waals surface area contributed by atoms with Crippen LogP contribution in [0.5, 0.6) is 0 Å². The number of anilines is 3. The lowest BCUT2D eigenvalue weighted by Gasteiger charge is -2.26. The SMILES string of the molecule is c1ccc(-c2ccc(N(c3ccc4sc5cc6ccccc6cc5c4c3)c3ccc4c5ccccc5n(-c5ccccc5)c4c3)cc2)cc1. The van der Waals surface area contributed by atoms with Crippen molar-refractivity contribution in [3.05, 3.63) is 182 Å². The van der Waals surface area contributed by atoms with E-state index in [4.69, 9.17) is 0 Å². The summed E-state index contributed by atoms with van der Waals surface area (Å²) in [6, 6.07) is 66.2. The predicted molar refractivity (Wildman–Crippen MR) is 211 cm³/mol. The van der Waals surface area contributed by atoms with Gasteiger partial charge in [-0.25, -0.2) is 0 Å². The zero-order valence-electron chi connectivity index (χ0n) is 26.6. The molecule has 0 bridgehead atoms. The first-order chi connectivity index (χ1) is 24.3. The highest BCUT2D eigenvalue weighted by Gasteiger charge is 2.19. The van der Waals surface area contributed by atoms with Gasteiger partial charge < -0.3 is 9.47 Å². The number of nitrogens with zero attached hydrogens (tertiary/aromatic N) is 2. The van der Waals surface area contributed by atoms with Gasteiger partial charge in [0.1, 0.15) is 0 Å². The second kappa shape index (κ2) is 11.2. The Morgan fingerprint density at radius 1 is 0.367 bits per heavy atom. The van der Waals surface area contributed by atoms with E-state index in [0.29, 0.717) is 0 Å². The number of para-hydroxylation sites is 2. The maximum Gasteiger partial charge on any atom is 0.0561 e. The molecule has 2 heterocycles. The number of hydrogen-bond donors (Lipinski definition) is 0. The fourth-order valence-electron chi connectivity index (χ4n) is 7.42. The van der Waals surface area contributed by atoms with Crippen molar-refractivity contribution in [2.75, 3.05) is 4.90 Å². The molecule has 0 aliphatic rings. The summed E-state index contributed by atoms with van der Waals surface area (Å²) < 4.78 is 5.01. The third-order valence-corrected chi connectivity index (χ3v) is 10.9. The van der Waals surface area contributed by atoms with Gasteiger partial charge in [0.05, 0.1) is 11.0 Å². The maximum absolute atomic E-state index is 2.41. The molecule has 10 aromatic rings. The van der Waals surface area contributed by atoms with Crippen molar-refractivity contribution in [1.29, 1.82) is 0 Å². The zero-order valence-corrected chi connectivity index (χ0v) is 27.4. The number of thiophene rings is 1. The Labute approximate surface area is 288 Å². The molecule has 2 aromatic heterocycles. The van der Waals surface area contributed by atoms with Crippen molar-refractivity contribution in [1.82, 2.24) is 4.57 Å². The van der Waals surface area contributed by atoms with E-state index >= 15 is 0 Å². The summed E-state index contributed by atoms with van der Waals surface area (Å²) in [6.45, 7) is 0. The average Bonchev–Trinajstić information content (AvgIpc) is 3.69. The lowest BCUT2D eigenvalue weighted by atomic mass is 10.0. The summed E-state index contributed by atoms with van der Waals surface area (Å²) in [5.74, 6) is 0. The Kier molecular flexibility index (Phi) is 6.39. The summed E-state index contributed by atoms with van der Waals surface area (Å²) >= 11 is 1.87. The molecule has 10 rings (SSSR count). The summed E-state index contributed by atoms with van der Waals surface area (Å²) in [6.07, 6.45) is 0. The quantitative estimate of drug-likeness (QED) is 0.181. The van der Waals surface area contributed by atoms with Crippen LogP contribution in [0.25, 0.3) is 69.6 Å². The fourth-order valence-corrected chi connectivity index (χ4v) is 8.54. The van der Waals surface area contributed by atoms with E-state index < -0.39 is 0 Å². The molecule has 2 nitrogen and oxygen atoms in total. The van der Waals surface area contributed by atoms with Crippen molar-refractivity contribution in [3.63, 3.8) is 0 Å². The third-order valence-electron chi connectivity index (χ3n) is 9.74. The molecule has 0 atom stereocenters. The molecule has 0 N–H and O–H groups in total. The van der Waals surface area contributed by atoms with Crippen LogP contribution in [0.2, 0.25) is 0 Å². The van der Waals surface area contributed by atoms with Crippen molar-refractivity contribution in [2.24, 2.45) is 0 Å². The minimum atomic E-state index is 1.12. The summed E-state index contributed by atoms with van der Waals surface area (Å²) in [7, 11) is 0. The molecule has 0 radical (unpaired) electrons. The van der Waals surface area contributed by atoms with Crippen LogP contribution in [0.1, 0.15) is 0 Å². The standard InChI is InChI=1S/C46H30N2S/c1-3-11-31(12-4-1)32-19-21-36(22-20-32)47(37-24-26-45-42(29-37)41-27-33-13-7-8-14-34(33)28-46(41)49-45)38-23-25-40-39-17-9-10-18-43(39)48(44(40)30-38)35-15-5-2-6-16-35/h1-30H. The molecule has 230 valence electrons. The second-order valence-corrected chi connectivity index (χ2v) is 13.7. The van der Waals surface area contributed by atoms with E-state index in [9.17, 15) is 0 Å². The Hall–Kier alpha value is -6.16. The van der Waals surface area contributed by atoms with Crippen molar-refractivity contribution >= 4 is 81.1 Å². The fraction of sp³-hybridized carbons (Fsp3) is 0. The molecule has 0 fully saturated rings. The highest BCUT2D eigenvalue weighted by molar-refractivity contribution is 7.25. The van der Waals surface area contributed by atoms with Gasteiger partial charge in [0.15, 0.2) is 0 Å². The van der Waals surface area contributed by atoms with E-state index in [1.54, 1.807) is 0 Å². The molecular formula is C46H30N2S. The molecule has 0 saturated carbocycles. The van der Waals surface area contributed by atoms with Crippen LogP contribution in [0.4, 0.5) is 17.1 Å². The normalized spacial score (nSPS) is 11.7. The van der Waals surface area contributed by atoms with Crippen molar-refractivity contribution in [3.8, 4) is 16.8 Å². The first kappa shape index (κ1) is 27.9. The topological polar surface area (TPSA) is 8.17 Å². The van der Waals surface area contributed by atoms with Crippen LogP contribution in [0, 0.1) is 0 Å². The van der Waals surface area contributed by atoms with Gasteiger partial charge in [-0.2, -0.15) is 0 Å². The molecule has 49 heavy (non-hydrogen) atoms. The summed E-state index contributed by atoms with van der Waals surface area (Å²) in [5.41, 5.74) is 9.33. The summed E-state index contributed by atoms with van der Waals surface area (Å²) in [4.78, 5) is 2.41. The van der Waals surface area contributed by atoms with Crippen LogP contribution in [-0.4, -0.2) is 4.57 Å². The molecular weight excluding hydrogens is 613 g/mol. The van der Waals surface area contributed by atoms with Crippen LogP contribution in [0.15, 0.2) is 182 Å². The van der Waals surface area contributed by atoms with Gasteiger partial charge in [0.2, 0.25) is 0 Å². The maximum atomic E-state index is 2.41. The molecule has 0 aliphatic carbocycles. The minimum Gasteiger partial charge on any atom is -0.310 e. The minimum absolute atomic E-state index is 1.12. The van der Waals surface area contributed by atoms with Gasteiger partial charge in [-0.3, -0.25) is 0 Å². The van der Waals surface area contributed by atoms with Crippen LogP contribution >= 0.6 is 11.3 Å². The predicted octanol–water partition coefficient (Wildman–Crippen LogP) is 13.4. The van der Waals surface area contributed by atoms with Crippen LogP contribution < -0.4 is 4.90 Å². The molecule has 3 heteroatoms. The second-order valence-electron chi connectivity index (χ2n) is 12.6. The van der Waals surface area contributed by atoms with E-state index in [-0.39, 0.29) is 0 Å².